The number of cyclic esters (lactones) is 1. The number of aromatic hydroxyl groups is 1. The summed E-state index contributed by atoms with van der Waals surface area (Å²) in [5.41, 5.74) is 1.22. The largest absolute Gasteiger partial charge is 0.506 e. The van der Waals surface area contributed by atoms with Gasteiger partial charge in [0.2, 0.25) is 0 Å². The van der Waals surface area contributed by atoms with Gasteiger partial charge in [-0.2, -0.15) is 0 Å². The Balaban J connectivity index is 1.48. The molecule has 4 rings (SSSR count). The van der Waals surface area contributed by atoms with E-state index in [-0.39, 0.29) is 18.0 Å². The molecule has 3 unspecified atom stereocenters. The van der Waals surface area contributed by atoms with Crippen LogP contribution in [-0.2, 0) is 16.0 Å². The molecule has 1 heterocycles. The van der Waals surface area contributed by atoms with Crippen LogP contribution >= 0.6 is 11.9 Å². The van der Waals surface area contributed by atoms with Gasteiger partial charge >= 0.3 is 6.09 Å². The Morgan fingerprint density at radius 2 is 1.76 bits per heavy atom. The number of nitrogens with zero attached hydrogens (tertiary/aromatic N) is 2. The van der Waals surface area contributed by atoms with Gasteiger partial charge in [-0.15, -0.1) is 0 Å². The number of nitrogens with one attached hydrogen (secondary N) is 1. The molecule has 3 atom stereocenters. The van der Waals surface area contributed by atoms with E-state index in [2.05, 4.69) is 23.5 Å². The average molecular weight is 580 g/mol. The number of amides is 2. The number of methoxy groups -OCH3 is 1. The van der Waals surface area contributed by atoms with Crippen LogP contribution in [0.3, 0.4) is 0 Å². The fraction of sp³-hybridized carbons (Fsp3) is 0.355. The maximum absolute atomic E-state index is 13.4. The zero-order valence-electron chi connectivity index (χ0n) is 23.5. The summed E-state index contributed by atoms with van der Waals surface area (Å²) in [5.74, 6) is 0.523. The van der Waals surface area contributed by atoms with Crippen LogP contribution in [0.2, 0.25) is 0 Å². The first-order valence-electron chi connectivity index (χ1n) is 13.6. The summed E-state index contributed by atoms with van der Waals surface area (Å²) in [6.07, 6.45) is -2.34. The first-order chi connectivity index (χ1) is 19.7. The number of phenolic OH excluding ortho intramolecular Hbond substituents is 1. The predicted octanol–water partition coefficient (Wildman–Crippen LogP) is 4.48. The summed E-state index contributed by atoms with van der Waals surface area (Å²) < 4.78 is 12.7. The zero-order valence-corrected chi connectivity index (χ0v) is 24.3. The van der Waals surface area contributed by atoms with Crippen LogP contribution in [0.25, 0.3) is 0 Å². The van der Waals surface area contributed by atoms with Crippen LogP contribution in [0.5, 0.6) is 11.5 Å². The molecule has 10 heteroatoms. The molecule has 9 nitrogen and oxygen atoms in total. The van der Waals surface area contributed by atoms with Crippen molar-refractivity contribution in [1.29, 1.82) is 0 Å². The van der Waals surface area contributed by atoms with Crippen LogP contribution < -0.4 is 15.0 Å². The summed E-state index contributed by atoms with van der Waals surface area (Å²) in [4.78, 5) is 28.2. The fourth-order valence-corrected chi connectivity index (χ4v) is 5.75. The summed E-state index contributed by atoms with van der Waals surface area (Å²) in [6.45, 7) is 5.18. The normalized spacial score (nSPS) is 16.5. The van der Waals surface area contributed by atoms with Gasteiger partial charge in [0, 0.05) is 18.0 Å². The monoisotopic (exact) mass is 579 g/mol. The molecule has 218 valence electrons. The highest BCUT2D eigenvalue weighted by molar-refractivity contribution is 7.97. The summed E-state index contributed by atoms with van der Waals surface area (Å²) in [6, 6.07) is 23.1. The smallest absolute Gasteiger partial charge is 0.415 e. The van der Waals surface area contributed by atoms with Gasteiger partial charge in [-0.25, -0.2) is 9.10 Å². The van der Waals surface area contributed by atoms with Crippen molar-refractivity contribution in [1.82, 2.24) is 9.62 Å². The van der Waals surface area contributed by atoms with Crippen molar-refractivity contribution < 1.29 is 29.3 Å². The Morgan fingerprint density at radius 1 is 1.07 bits per heavy atom. The number of aliphatic hydroxyl groups is 1. The van der Waals surface area contributed by atoms with Gasteiger partial charge < -0.3 is 25.0 Å². The summed E-state index contributed by atoms with van der Waals surface area (Å²) >= 11 is 1.54. The summed E-state index contributed by atoms with van der Waals surface area (Å²) in [5, 5.41) is 24.6. The minimum atomic E-state index is -1.09. The lowest BCUT2D eigenvalue weighted by molar-refractivity contribution is -0.129. The number of anilines is 1. The van der Waals surface area contributed by atoms with Crippen molar-refractivity contribution in [3.05, 3.63) is 84.4 Å². The van der Waals surface area contributed by atoms with E-state index < -0.39 is 30.3 Å². The summed E-state index contributed by atoms with van der Waals surface area (Å²) in [7, 11) is 1.63. The molecule has 0 spiro atoms. The van der Waals surface area contributed by atoms with Gasteiger partial charge in [0.15, 0.2) is 6.10 Å². The van der Waals surface area contributed by atoms with Crippen LogP contribution in [0.4, 0.5) is 10.5 Å². The van der Waals surface area contributed by atoms with Gasteiger partial charge in [-0.05, 0) is 66.2 Å². The highest BCUT2D eigenvalue weighted by Crippen LogP contribution is 2.30. The molecular formula is C31H37N3O6S. The maximum Gasteiger partial charge on any atom is 0.415 e. The van der Waals surface area contributed by atoms with Gasteiger partial charge in [-0.1, -0.05) is 56.3 Å². The molecule has 0 saturated carbocycles. The molecule has 1 aliphatic heterocycles. The molecule has 41 heavy (non-hydrogen) atoms. The first kappa shape index (κ1) is 30.2. The topological polar surface area (TPSA) is 112 Å². The third-order valence-corrected chi connectivity index (χ3v) is 7.66. The number of para-hydroxylation sites is 2. The molecule has 0 bridgehead atoms. The van der Waals surface area contributed by atoms with E-state index in [1.165, 1.54) is 22.9 Å². The molecule has 1 fully saturated rings. The van der Waals surface area contributed by atoms with Crippen LogP contribution in [0.15, 0.2) is 83.8 Å². The Labute approximate surface area is 245 Å². The number of carbonyl (C=O) groups excluding carboxylic acids is 2. The number of benzene rings is 3. The second-order valence-corrected chi connectivity index (χ2v) is 11.5. The second kappa shape index (κ2) is 14.2. The van der Waals surface area contributed by atoms with Crippen molar-refractivity contribution in [2.75, 3.05) is 31.6 Å². The SMILES string of the molecule is COc1ccc(SN(CC(C)C)CC(O)C(Cc2ccccc2)NC(=O)C2CN(c3ccccc3O)C(=O)O2)cc1. The highest BCUT2D eigenvalue weighted by atomic mass is 32.2. The van der Waals surface area contributed by atoms with E-state index in [0.29, 0.717) is 18.9 Å². The Hall–Kier alpha value is -3.73. The average Bonchev–Trinajstić information content (AvgIpc) is 3.35. The molecular weight excluding hydrogens is 542 g/mol. The lowest BCUT2D eigenvalue weighted by Crippen LogP contribution is -2.52. The number of hydrogen-bond acceptors (Lipinski definition) is 8. The predicted molar refractivity (Wildman–Crippen MR) is 159 cm³/mol. The molecule has 0 radical (unpaired) electrons. The van der Waals surface area contributed by atoms with Crippen LogP contribution in [0, 0.1) is 5.92 Å². The molecule has 0 aromatic heterocycles. The van der Waals surface area contributed by atoms with E-state index in [0.717, 1.165) is 22.8 Å². The third kappa shape index (κ3) is 8.39. The highest BCUT2D eigenvalue weighted by Gasteiger charge is 2.39. The Morgan fingerprint density at radius 3 is 2.41 bits per heavy atom. The van der Waals surface area contributed by atoms with Crippen molar-refractivity contribution in [3.63, 3.8) is 0 Å². The van der Waals surface area contributed by atoms with Crippen LogP contribution in [-0.4, -0.2) is 71.5 Å². The first-order valence-corrected chi connectivity index (χ1v) is 14.4. The van der Waals surface area contributed by atoms with Gasteiger partial charge in [0.05, 0.1) is 31.5 Å². The molecule has 2 amide bonds. The molecule has 1 aliphatic rings. The standard InChI is InChI=1S/C31H37N3O6S/c1-21(2)18-33(41-24-15-13-23(39-3)14-16-24)19-28(36)25(17-22-9-5-4-6-10-22)32-30(37)29-20-34(31(38)40-29)26-11-7-8-12-27(26)35/h4-16,21,25,28-29,35-36H,17-20H2,1-3H3,(H,32,37). The fourth-order valence-electron chi connectivity index (χ4n) is 4.59. The molecule has 3 N–H and O–H groups in total. The number of hydrogen-bond donors (Lipinski definition) is 3. The zero-order chi connectivity index (χ0) is 29.4. The van der Waals surface area contributed by atoms with Crippen molar-refractivity contribution in [3.8, 4) is 11.5 Å². The molecule has 3 aromatic rings. The number of ether oxygens (including phenoxy) is 2. The molecule has 0 aliphatic carbocycles. The van der Waals surface area contributed by atoms with Crippen LogP contribution in [0.1, 0.15) is 19.4 Å². The van der Waals surface area contributed by atoms with E-state index in [1.807, 2.05) is 54.6 Å². The molecule has 1 saturated heterocycles. The van der Waals surface area contributed by atoms with E-state index in [1.54, 1.807) is 25.3 Å². The van der Waals surface area contributed by atoms with Gasteiger partial charge in [0.25, 0.3) is 5.91 Å². The van der Waals surface area contributed by atoms with E-state index in [4.69, 9.17) is 9.47 Å². The minimum Gasteiger partial charge on any atom is -0.506 e. The third-order valence-electron chi connectivity index (χ3n) is 6.62. The van der Waals surface area contributed by atoms with E-state index in [9.17, 15) is 19.8 Å². The van der Waals surface area contributed by atoms with Crippen molar-refractivity contribution in [2.24, 2.45) is 5.92 Å². The second-order valence-electron chi connectivity index (χ2n) is 10.4. The minimum absolute atomic E-state index is 0.0524. The number of aliphatic hydroxyl groups excluding tert-OH is 1. The maximum atomic E-state index is 13.4. The lowest BCUT2D eigenvalue weighted by atomic mass is 10.0. The number of rotatable bonds is 13. The Bertz CT molecular complexity index is 1290. The quantitative estimate of drug-likeness (QED) is 0.254. The molecule has 3 aromatic carbocycles. The van der Waals surface area contributed by atoms with E-state index >= 15 is 0 Å². The van der Waals surface area contributed by atoms with Crippen molar-refractivity contribution in [2.45, 2.75) is 43.4 Å². The van der Waals surface area contributed by atoms with Gasteiger partial charge in [-0.3, -0.25) is 9.69 Å². The van der Waals surface area contributed by atoms with Gasteiger partial charge in [0.1, 0.15) is 11.5 Å². The Kier molecular flexibility index (Phi) is 10.5. The number of phenols is 1. The van der Waals surface area contributed by atoms with Crippen molar-refractivity contribution >= 4 is 29.6 Å². The lowest BCUT2D eigenvalue weighted by Gasteiger charge is -2.31. The number of carbonyl (C=O) groups is 2.